The largest absolute Gasteiger partial charge is 0.394 e. The summed E-state index contributed by atoms with van der Waals surface area (Å²) in [6, 6.07) is 3.44. The second-order valence-electron chi connectivity index (χ2n) is 4.64. The normalized spacial score (nSPS) is 13.7. The number of aliphatic hydroxyl groups is 1. The van der Waals surface area contributed by atoms with Crippen molar-refractivity contribution < 1.29 is 9.90 Å². The zero-order valence-corrected chi connectivity index (χ0v) is 10.9. The van der Waals surface area contributed by atoms with Crippen LogP contribution < -0.4 is 10.6 Å². The van der Waals surface area contributed by atoms with Crippen molar-refractivity contribution in [3.8, 4) is 0 Å². The van der Waals surface area contributed by atoms with Crippen molar-refractivity contribution in [3.63, 3.8) is 0 Å². The highest BCUT2D eigenvalue weighted by Gasteiger charge is 2.24. The molecule has 2 amide bonds. The van der Waals surface area contributed by atoms with Crippen LogP contribution in [0.25, 0.3) is 0 Å². The van der Waals surface area contributed by atoms with E-state index in [1.807, 2.05) is 26.0 Å². The van der Waals surface area contributed by atoms with Gasteiger partial charge in [0, 0.05) is 18.9 Å². The van der Waals surface area contributed by atoms with E-state index in [9.17, 15) is 9.90 Å². The van der Waals surface area contributed by atoms with Crippen LogP contribution in [0.3, 0.4) is 0 Å². The van der Waals surface area contributed by atoms with E-state index in [-0.39, 0.29) is 12.6 Å². The maximum absolute atomic E-state index is 11.7. The van der Waals surface area contributed by atoms with Gasteiger partial charge < -0.3 is 15.7 Å². The molecule has 0 radical (unpaired) electrons. The molecule has 1 atom stereocenters. The predicted molar refractivity (Wildman–Crippen MR) is 70.0 cm³/mol. The van der Waals surface area contributed by atoms with E-state index in [2.05, 4.69) is 15.6 Å². The number of carbonyl (C=O) groups is 1. The van der Waals surface area contributed by atoms with Crippen molar-refractivity contribution in [2.75, 3.05) is 6.61 Å². The van der Waals surface area contributed by atoms with Crippen molar-refractivity contribution in [1.29, 1.82) is 0 Å². The molecular formula is C13H21N3O2. The van der Waals surface area contributed by atoms with Crippen LogP contribution in [0.1, 0.15) is 32.3 Å². The van der Waals surface area contributed by atoms with E-state index in [0.717, 1.165) is 18.4 Å². The first-order valence-electron chi connectivity index (χ1n) is 6.15. The number of amides is 2. The Morgan fingerprint density at radius 2 is 2.33 bits per heavy atom. The lowest BCUT2D eigenvalue weighted by Gasteiger charge is -2.28. The number of nitrogens with zero attached hydrogens (tertiary/aromatic N) is 1. The van der Waals surface area contributed by atoms with E-state index >= 15 is 0 Å². The molecule has 0 aromatic carbocycles. The van der Waals surface area contributed by atoms with Gasteiger partial charge in [-0.25, -0.2) is 4.79 Å². The number of hydrogen-bond donors (Lipinski definition) is 3. The van der Waals surface area contributed by atoms with Crippen LogP contribution in [0.4, 0.5) is 4.79 Å². The Bertz CT molecular complexity index is 370. The van der Waals surface area contributed by atoms with Crippen LogP contribution in [0.2, 0.25) is 0 Å². The number of rotatable bonds is 6. The molecule has 1 aromatic rings. The van der Waals surface area contributed by atoms with Gasteiger partial charge in [0.15, 0.2) is 0 Å². The quantitative estimate of drug-likeness (QED) is 0.716. The number of carbonyl (C=O) groups excluding carboxylic acids is 1. The Balaban J connectivity index is 2.41. The predicted octanol–water partition coefficient (Wildman–Crippen LogP) is 1.43. The van der Waals surface area contributed by atoms with Gasteiger partial charge in [-0.3, -0.25) is 4.98 Å². The van der Waals surface area contributed by atoms with Gasteiger partial charge in [0.25, 0.3) is 0 Å². The molecule has 0 fully saturated rings. The minimum atomic E-state index is -0.562. The molecule has 0 aliphatic carbocycles. The molecule has 1 heterocycles. The van der Waals surface area contributed by atoms with Crippen molar-refractivity contribution in [1.82, 2.24) is 15.6 Å². The third-order valence-electron chi connectivity index (χ3n) is 2.74. The number of aliphatic hydroxyl groups excluding tert-OH is 1. The standard InChI is InChI=1S/C13H21N3O2/c1-3-6-13(2,10-17)16-12(18)15-9-11-5-4-7-14-8-11/h4-5,7-8,17H,3,6,9-10H2,1-2H3,(H2,15,16,18). The summed E-state index contributed by atoms with van der Waals surface area (Å²) in [6.45, 7) is 4.21. The molecular weight excluding hydrogens is 230 g/mol. The molecule has 1 rings (SSSR count). The summed E-state index contributed by atoms with van der Waals surface area (Å²) in [5.41, 5.74) is 0.377. The molecule has 0 aliphatic heterocycles. The van der Waals surface area contributed by atoms with Crippen molar-refractivity contribution in [2.24, 2.45) is 0 Å². The molecule has 100 valence electrons. The fourth-order valence-corrected chi connectivity index (χ4v) is 1.74. The van der Waals surface area contributed by atoms with Crippen LogP contribution in [0.15, 0.2) is 24.5 Å². The van der Waals surface area contributed by atoms with E-state index in [4.69, 9.17) is 0 Å². The third kappa shape index (κ3) is 4.71. The average Bonchev–Trinajstić information content (AvgIpc) is 2.38. The minimum absolute atomic E-state index is 0.0683. The molecule has 0 aliphatic rings. The van der Waals surface area contributed by atoms with Gasteiger partial charge in [0.2, 0.25) is 0 Å². The van der Waals surface area contributed by atoms with E-state index in [0.29, 0.717) is 6.54 Å². The molecule has 0 spiro atoms. The first kappa shape index (κ1) is 14.4. The second-order valence-corrected chi connectivity index (χ2v) is 4.64. The SMILES string of the molecule is CCCC(C)(CO)NC(=O)NCc1cccnc1. The Hall–Kier alpha value is -1.62. The van der Waals surface area contributed by atoms with Gasteiger partial charge in [-0.2, -0.15) is 0 Å². The van der Waals surface area contributed by atoms with Crippen LogP contribution in [-0.2, 0) is 6.54 Å². The highest BCUT2D eigenvalue weighted by molar-refractivity contribution is 5.74. The summed E-state index contributed by atoms with van der Waals surface area (Å²) in [5, 5.41) is 14.8. The molecule has 1 unspecified atom stereocenters. The first-order chi connectivity index (χ1) is 8.59. The van der Waals surface area contributed by atoms with Gasteiger partial charge >= 0.3 is 6.03 Å². The Morgan fingerprint density at radius 3 is 2.89 bits per heavy atom. The Kier molecular flexibility index (Phi) is 5.58. The number of nitrogens with one attached hydrogen (secondary N) is 2. The van der Waals surface area contributed by atoms with Gasteiger partial charge in [-0.1, -0.05) is 19.4 Å². The molecule has 1 aromatic heterocycles. The minimum Gasteiger partial charge on any atom is -0.394 e. The molecule has 0 saturated heterocycles. The molecule has 0 bridgehead atoms. The maximum Gasteiger partial charge on any atom is 0.315 e. The number of hydrogen-bond acceptors (Lipinski definition) is 3. The molecule has 3 N–H and O–H groups in total. The van der Waals surface area contributed by atoms with Crippen molar-refractivity contribution in [3.05, 3.63) is 30.1 Å². The summed E-state index contributed by atoms with van der Waals surface area (Å²) < 4.78 is 0. The van der Waals surface area contributed by atoms with Crippen molar-refractivity contribution >= 4 is 6.03 Å². The summed E-state index contributed by atoms with van der Waals surface area (Å²) >= 11 is 0. The average molecular weight is 251 g/mol. The van der Waals surface area contributed by atoms with E-state index in [1.165, 1.54) is 0 Å². The number of pyridine rings is 1. The third-order valence-corrected chi connectivity index (χ3v) is 2.74. The highest BCUT2D eigenvalue weighted by Crippen LogP contribution is 2.10. The van der Waals surface area contributed by atoms with Gasteiger partial charge in [0.1, 0.15) is 0 Å². The summed E-state index contributed by atoms with van der Waals surface area (Å²) in [5.74, 6) is 0. The lowest BCUT2D eigenvalue weighted by molar-refractivity contribution is 0.163. The van der Waals surface area contributed by atoms with Crippen LogP contribution in [0, 0.1) is 0 Å². The van der Waals surface area contributed by atoms with E-state index < -0.39 is 5.54 Å². The van der Waals surface area contributed by atoms with Gasteiger partial charge in [-0.05, 0) is 25.0 Å². The van der Waals surface area contributed by atoms with Crippen LogP contribution in [-0.4, -0.2) is 28.3 Å². The van der Waals surface area contributed by atoms with Gasteiger partial charge in [0.05, 0.1) is 12.1 Å². The Morgan fingerprint density at radius 1 is 1.56 bits per heavy atom. The lowest BCUT2D eigenvalue weighted by Crippen LogP contribution is -2.52. The fourth-order valence-electron chi connectivity index (χ4n) is 1.74. The molecule has 0 saturated carbocycles. The highest BCUT2D eigenvalue weighted by atomic mass is 16.3. The summed E-state index contributed by atoms with van der Waals surface area (Å²) in [4.78, 5) is 15.7. The van der Waals surface area contributed by atoms with E-state index in [1.54, 1.807) is 12.4 Å². The first-order valence-corrected chi connectivity index (χ1v) is 6.15. The second kappa shape index (κ2) is 6.96. The zero-order chi connectivity index (χ0) is 13.4. The number of urea groups is 1. The van der Waals surface area contributed by atoms with Crippen LogP contribution in [0.5, 0.6) is 0 Å². The topological polar surface area (TPSA) is 74.2 Å². The Labute approximate surface area is 108 Å². The summed E-state index contributed by atoms with van der Waals surface area (Å²) in [7, 11) is 0. The maximum atomic E-state index is 11.7. The molecule has 18 heavy (non-hydrogen) atoms. The van der Waals surface area contributed by atoms with Crippen molar-refractivity contribution in [2.45, 2.75) is 38.8 Å². The zero-order valence-electron chi connectivity index (χ0n) is 10.9. The summed E-state index contributed by atoms with van der Waals surface area (Å²) in [6.07, 6.45) is 5.04. The number of aromatic nitrogens is 1. The monoisotopic (exact) mass is 251 g/mol. The van der Waals surface area contributed by atoms with Crippen LogP contribution >= 0.6 is 0 Å². The van der Waals surface area contributed by atoms with Gasteiger partial charge in [-0.15, -0.1) is 0 Å². The molecule has 5 nitrogen and oxygen atoms in total. The fraction of sp³-hybridized carbons (Fsp3) is 0.538. The molecule has 5 heteroatoms. The smallest absolute Gasteiger partial charge is 0.315 e. The lowest BCUT2D eigenvalue weighted by atomic mass is 9.98.